The highest BCUT2D eigenvalue weighted by Crippen LogP contribution is 2.25. The minimum absolute atomic E-state index is 0.567. The number of aromatic nitrogens is 2. The molecule has 0 saturated carbocycles. The Hall–Kier alpha value is -1.63. The summed E-state index contributed by atoms with van der Waals surface area (Å²) in [7, 11) is 4.03. The molecule has 0 bridgehead atoms. The zero-order valence-corrected chi connectivity index (χ0v) is 14.0. The maximum atomic E-state index is 10.7. The van der Waals surface area contributed by atoms with Crippen molar-refractivity contribution in [3.8, 4) is 11.5 Å². The van der Waals surface area contributed by atoms with Gasteiger partial charge in [-0.2, -0.15) is 5.10 Å². The van der Waals surface area contributed by atoms with Crippen molar-refractivity contribution in [2.75, 3.05) is 33.7 Å². The fourth-order valence-electron chi connectivity index (χ4n) is 3.36. The lowest BCUT2D eigenvalue weighted by atomic mass is 9.94. The molecule has 1 saturated heterocycles. The summed E-state index contributed by atoms with van der Waals surface area (Å²) in [4.78, 5) is 4.43. The third kappa shape index (κ3) is 4.22. The van der Waals surface area contributed by atoms with Gasteiger partial charge in [0.1, 0.15) is 11.5 Å². The topological polar surface area (TPSA) is 68.5 Å². The number of aliphatic hydroxyl groups is 1. The lowest BCUT2D eigenvalue weighted by Crippen LogP contribution is -2.40. The van der Waals surface area contributed by atoms with Gasteiger partial charge in [-0.3, -0.25) is 10.00 Å². The smallest absolute Gasteiger partial charge is 0.152 e. The first-order valence-electron chi connectivity index (χ1n) is 8.22. The summed E-state index contributed by atoms with van der Waals surface area (Å²) in [6.45, 7) is 3.40. The average Bonchev–Trinajstić information content (AvgIpc) is 3.11. The van der Waals surface area contributed by atoms with Gasteiger partial charge in [-0.1, -0.05) is 0 Å². The van der Waals surface area contributed by atoms with Crippen LogP contribution < -0.4 is 0 Å². The Labute approximate surface area is 137 Å². The van der Waals surface area contributed by atoms with Crippen molar-refractivity contribution in [3.63, 3.8) is 0 Å². The average molecular weight is 318 g/mol. The molecule has 1 unspecified atom stereocenters. The van der Waals surface area contributed by atoms with Crippen LogP contribution in [0.15, 0.2) is 28.8 Å². The van der Waals surface area contributed by atoms with Crippen LogP contribution in [0.4, 0.5) is 0 Å². The molecule has 2 N–H and O–H groups in total. The Morgan fingerprint density at radius 2 is 2.17 bits per heavy atom. The Morgan fingerprint density at radius 3 is 2.91 bits per heavy atom. The molecule has 2 aromatic rings. The second kappa shape index (κ2) is 6.86. The van der Waals surface area contributed by atoms with Gasteiger partial charge in [-0.25, -0.2) is 0 Å². The lowest BCUT2D eigenvalue weighted by molar-refractivity contribution is 0.00245. The summed E-state index contributed by atoms with van der Waals surface area (Å²) in [5.74, 6) is 1.77. The van der Waals surface area contributed by atoms with E-state index in [0.717, 1.165) is 62.7 Å². The van der Waals surface area contributed by atoms with Crippen LogP contribution in [-0.4, -0.2) is 64.4 Å². The second-order valence-corrected chi connectivity index (χ2v) is 6.83. The molecule has 2 aromatic heterocycles. The van der Waals surface area contributed by atoms with E-state index in [0.29, 0.717) is 0 Å². The molecule has 0 aromatic carbocycles. The van der Waals surface area contributed by atoms with E-state index < -0.39 is 5.60 Å². The van der Waals surface area contributed by atoms with Gasteiger partial charge < -0.3 is 14.4 Å². The third-order valence-corrected chi connectivity index (χ3v) is 4.43. The van der Waals surface area contributed by atoms with Gasteiger partial charge in [0.25, 0.3) is 0 Å². The largest absolute Gasteiger partial charge is 0.458 e. The summed E-state index contributed by atoms with van der Waals surface area (Å²) >= 11 is 0. The fourth-order valence-corrected chi connectivity index (χ4v) is 3.36. The highest BCUT2D eigenvalue weighted by atomic mass is 16.3. The van der Waals surface area contributed by atoms with Crippen LogP contribution in [0.25, 0.3) is 11.5 Å². The number of hydrogen-bond donors (Lipinski definition) is 2. The van der Waals surface area contributed by atoms with Crippen LogP contribution in [-0.2, 0) is 6.54 Å². The van der Waals surface area contributed by atoms with Crippen molar-refractivity contribution in [3.05, 3.63) is 30.2 Å². The summed E-state index contributed by atoms with van der Waals surface area (Å²) in [6.07, 6.45) is 4.40. The molecule has 0 spiro atoms. The van der Waals surface area contributed by atoms with E-state index in [2.05, 4.69) is 20.0 Å². The van der Waals surface area contributed by atoms with E-state index in [-0.39, 0.29) is 0 Å². The van der Waals surface area contributed by atoms with Crippen LogP contribution in [0.1, 0.15) is 25.0 Å². The summed E-state index contributed by atoms with van der Waals surface area (Å²) in [6, 6.07) is 5.89. The van der Waals surface area contributed by atoms with Crippen molar-refractivity contribution < 1.29 is 9.52 Å². The van der Waals surface area contributed by atoms with Gasteiger partial charge in [0.2, 0.25) is 0 Å². The van der Waals surface area contributed by atoms with Gasteiger partial charge in [0.05, 0.1) is 12.1 Å². The Balaban J connectivity index is 1.59. The van der Waals surface area contributed by atoms with Crippen molar-refractivity contribution in [1.82, 2.24) is 20.0 Å². The van der Waals surface area contributed by atoms with E-state index in [1.165, 1.54) is 0 Å². The van der Waals surface area contributed by atoms with Crippen molar-refractivity contribution in [2.45, 2.75) is 31.4 Å². The Morgan fingerprint density at radius 1 is 1.30 bits per heavy atom. The molecule has 6 heteroatoms. The van der Waals surface area contributed by atoms with E-state index in [1.807, 2.05) is 32.3 Å². The first-order chi connectivity index (χ1) is 11.0. The van der Waals surface area contributed by atoms with Gasteiger partial charge in [-0.05, 0) is 58.1 Å². The highest BCUT2D eigenvalue weighted by Gasteiger charge is 2.30. The molecular weight excluding hydrogens is 292 g/mol. The fraction of sp³-hybridized carbons (Fsp3) is 0.588. The predicted molar refractivity (Wildman–Crippen MR) is 88.9 cm³/mol. The molecule has 1 aliphatic heterocycles. The van der Waals surface area contributed by atoms with Crippen LogP contribution in [0, 0.1) is 0 Å². The number of likely N-dealkylation sites (tertiary alicyclic amines) is 1. The van der Waals surface area contributed by atoms with Crippen molar-refractivity contribution in [1.29, 1.82) is 0 Å². The van der Waals surface area contributed by atoms with Crippen LogP contribution in [0.2, 0.25) is 0 Å². The molecule has 6 nitrogen and oxygen atoms in total. The SMILES string of the molecule is CN(C)CC1(O)CCCN(Cc2ccc(-c3ccn[nH]3)o2)CC1. The molecule has 23 heavy (non-hydrogen) atoms. The van der Waals surface area contributed by atoms with Crippen LogP contribution in [0.5, 0.6) is 0 Å². The minimum atomic E-state index is -0.567. The van der Waals surface area contributed by atoms with E-state index in [4.69, 9.17) is 4.42 Å². The number of H-pyrrole nitrogens is 1. The molecule has 3 heterocycles. The number of likely N-dealkylation sites (N-methyl/N-ethyl adjacent to an activating group) is 1. The summed E-state index contributed by atoms with van der Waals surface area (Å²) < 4.78 is 5.90. The molecule has 0 aliphatic carbocycles. The molecule has 1 aliphatic rings. The zero-order chi connectivity index (χ0) is 16.3. The van der Waals surface area contributed by atoms with Gasteiger partial charge >= 0.3 is 0 Å². The molecule has 3 rings (SSSR count). The molecule has 0 radical (unpaired) electrons. The zero-order valence-electron chi connectivity index (χ0n) is 14.0. The molecule has 1 fully saturated rings. The summed E-state index contributed by atoms with van der Waals surface area (Å²) in [5, 5.41) is 17.6. The first-order valence-corrected chi connectivity index (χ1v) is 8.22. The third-order valence-electron chi connectivity index (χ3n) is 4.43. The van der Waals surface area contributed by atoms with Gasteiger partial charge in [-0.15, -0.1) is 0 Å². The molecular formula is C17H26N4O2. The second-order valence-electron chi connectivity index (χ2n) is 6.83. The maximum Gasteiger partial charge on any atom is 0.152 e. The Bertz CT molecular complexity index is 608. The standard InChI is InChI=1S/C17H26N4O2/c1-20(2)13-17(22)7-3-10-21(11-8-17)12-14-4-5-16(23-14)15-6-9-18-19-15/h4-6,9,22H,3,7-8,10-13H2,1-2H3,(H,18,19). The number of aromatic amines is 1. The van der Waals surface area contributed by atoms with E-state index >= 15 is 0 Å². The number of rotatable bonds is 5. The minimum Gasteiger partial charge on any atom is -0.458 e. The number of nitrogens with one attached hydrogen (secondary N) is 1. The van der Waals surface area contributed by atoms with Crippen LogP contribution >= 0.6 is 0 Å². The first kappa shape index (κ1) is 16.2. The lowest BCUT2D eigenvalue weighted by Gasteiger charge is -2.29. The molecule has 0 amide bonds. The Kier molecular flexibility index (Phi) is 4.84. The van der Waals surface area contributed by atoms with Crippen molar-refractivity contribution >= 4 is 0 Å². The highest BCUT2D eigenvalue weighted by molar-refractivity contribution is 5.51. The number of furan rings is 1. The normalized spacial score (nSPS) is 23.3. The quantitative estimate of drug-likeness (QED) is 0.882. The predicted octanol–water partition coefficient (Wildman–Crippen LogP) is 1.95. The van der Waals surface area contributed by atoms with Crippen molar-refractivity contribution in [2.24, 2.45) is 0 Å². The number of nitrogens with zero attached hydrogens (tertiary/aromatic N) is 3. The van der Waals surface area contributed by atoms with E-state index in [9.17, 15) is 5.11 Å². The summed E-state index contributed by atoms with van der Waals surface area (Å²) in [5.41, 5.74) is 0.329. The maximum absolute atomic E-state index is 10.7. The molecule has 1 atom stereocenters. The van der Waals surface area contributed by atoms with E-state index in [1.54, 1.807) is 6.20 Å². The van der Waals surface area contributed by atoms with Gasteiger partial charge in [0.15, 0.2) is 5.76 Å². The monoisotopic (exact) mass is 318 g/mol. The van der Waals surface area contributed by atoms with Crippen LogP contribution in [0.3, 0.4) is 0 Å². The number of hydrogen-bond acceptors (Lipinski definition) is 5. The van der Waals surface area contributed by atoms with Gasteiger partial charge in [0, 0.05) is 19.3 Å². The molecule has 126 valence electrons.